The third-order valence-corrected chi connectivity index (χ3v) is 10.5. The van der Waals surface area contributed by atoms with Crippen molar-refractivity contribution in [3.8, 4) is 0 Å². The molecule has 0 aromatic rings. The summed E-state index contributed by atoms with van der Waals surface area (Å²) in [4.78, 5) is 0. The van der Waals surface area contributed by atoms with Crippen molar-refractivity contribution in [1.29, 1.82) is 0 Å². The molecule has 4 rings (SSSR count). The van der Waals surface area contributed by atoms with Crippen LogP contribution in [0.4, 0.5) is 0 Å². The molecule has 164 valence electrons. The highest BCUT2D eigenvalue weighted by molar-refractivity contribution is 5.28. The van der Waals surface area contributed by atoms with Crippen LogP contribution in [-0.4, -0.2) is 11.2 Å². The Balaban J connectivity index is 1.54. The SMILES string of the molecule is CC(C)[C@@H](C)/C=C/[C@@H](C)[C@H]1CC[C@H]2C3=CC[C@@H]4C[C@@H](O)CC[C@]4(C)[C@H]3CC[C@]12C. The average Bonchev–Trinajstić information content (AvgIpc) is 3.03. The van der Waals surface area contributed by atoms with Gasteiger partial charge in [-0.2, -0.15) is 0 Å². The molecule has 0 spiro atoms. The largest absolute Gasteiger partial charge is 0.393 e. The summed E-state index contributed by atoms with van der Waals surface area (Å²) in [5.41, 5.74) is 2.79. The molecule has 0 amide bonds. The van der Waals surface area contributed by atoms with Crippen LogP contribution in [0.25, 0.3) is 0 Å². The fourth-order valence-electron chi connectivity index (χ4n) is 8.10. The third-order valence-electron chi connectivity index (χ3n) is 10.5. The highest BCUT2D eigenvalue weighted by Crippen LogP contribution is 2.66. The Hall–Kier alpha value is -0.560. The van der Waals surface area contributed by atoms with Gasteiger partial charge in [-0.15, -0.1) is 0 Å². The number of hydrogen-bond donors (Lipinski definition) is 1. The van der Waals surface area contributed by atoms with E-state index >= 15 is 0 Å². The maximum absolute atomic E-state index is 10.2. The van der Waals surface area contributed by atoms with Crippen LogP contribution < -0.4 is 0 Å². The predicted molar refractivity (Wildman–Crippen MR) is 124 cm³/mol. The lowest BCUT2D eigenvalue weighted by Gasteiger charge is -2.57. The van der Waals surface area contributed by atoms with Crippen molar-refractivity contribution in [1.82, 2.24) is 0 Å². The molecule has 3 saturated carbocycles. The molecule has 3 fully saturated rings. The predicted octanol–water partition coefficient (Wildman–Crippen LogP) is 7.41. The van der Waals surface area contributed by atoms with E-state index in [1.807, 2.05) is 5.57 Å². The summed E-state index contributed by atoms with van der Waals surface area (Å²) >= 11 is 0. The Labute approximate surface area is 180 Å². The van der Waals surface area contributed by atoms with Crippen LogP contribution in [0.15, 0.2) is 23.8 Å². The van der Waals surface area contributed by atoms with E-state index in [0.717, 1.165) is 36.5 Å². The molecule has 9 atom stereocenters. The van der Waals surface area contributed by atoms with Gasteiger partial charge >= 0.3 is 0 Å². The second kappa shape index (κ2) is 7.85. The molecule has 0 aromatic carbocycles. The van der Waals surface area contributed by atoms with E-state index in [1.165, 1.54) is 38.5 Å². The van der Waals surface area contributed by atoms with Crippen LogP contribution in [-0.2, 0) is 0 Å². The minimum atomic E-state index is -0.0476. The van der Waals surface area contributed by atoms with E-state index in [2.05, 4.69) is 59.8 Å². The van der Waals surface area contributed by atoms with Crippen molar-refractivity contribution < 1.29 is 5.11 Å². The summed E-state index contributed by atoms with van der Waals surface area (Å²) in [6.45, 7) is 14.7. The van der Waals surface area contributed by atoms with Gasteiger partial charge in [0.25, 0.3) is 0 Å². The van der Waals surface area contributed by atoms with Crippen molar-refractivity contribution in [3.05, 3.63) is 23.8 Å². The lowest BCUT2D eigenvalue weighted by atomic mass is 9.47. The zero-order chi connectivity index (χ0) is 21.0. The average molecular weight is 399 g/mol. The number of rotatable bonds is 4. The summed E-state index contributed by atoms with van der Waals surface area (Å²) in [5.74, 6) is 5.25. The van der Waals surface area contributed by atoms with E-state index in [9.17, 15) is 5.11 Å². The lowest BCUT2D eigenvalue weighted by molar-refractivity contribution is -0.0414. The summed E-state index contributed by atoms with van der Waals surface area (Å²) in [5, 5.41) is 10.2. The van der Waals surface area contributed by atoms with Crippen LogP contribution in [0, 0.1) is 52.3 Å². The molecule has 1 N–H and O–H groups in total. The van der Waals surface area contributed by atoms with Gasteiger partial charge in [-0.3, -0.25) is 0 Å². The normalized spacial score (nSPS) is 46.8. The summed E-state index contributed by atoms with van der Waals surface area (Å²) in [7, 11) is 0. The van der Waals surface area contributed by atoms with Crippen molar-refractivity contribution in [3.63, 3.8) is 0 Å². The van der Waals surface area contributed by atoms with Gasteiger partial charge in [0, 0.05) is 0 Å². The summed E-state index contributed by atoms with van der Waals surface area (Å²) in [6.07, 6.45) is 17.8. The Morgan fingerprint density at radius 3 is 2.34 bits per heavy atom. The Kier molecular flexibility index (Phi) is 5.86. The summed E-state index contributed by atoms with van der Waals surface area (Å²) < 4.78 is 0. The molecule has 0 saturated heterocycles. The topological polar surface area (TPSA) is 20.2 Å². The monoisotopic (exact) mass is 398 g/mol. The zero-order valence-corrected chi connectivity index (χ0v) is 20.0. The van der Waals surface area contributed by atoms with E-state index in [4.69, 9.17) is 0 Å². The maximum atomic E-state index is 10.2. The minimum Gasteiger partial charge on any atom is -0.393 e. The molecule has 1 heteroatoms. The molecule has 0 aromatic heterocycles. The molecule has 0 bridgehead atoms. The zero-order valence-electron chi connectivity index (χ0n) is 20.0. The second-order valence-electron chi connectivity index (χ2n) is 12.3. The molecule has 4 aliphatic carbocycles. The molecule has 0 radical (unpaired) electrons. The Morgan fingerprint density at radius 2 is 1.62 bits per heavy atom. The first-order valence-corrected chi connectivity index (χ1v) is 12.7. The highest BCUT2D eigenvalue weighted by atomic mass is 16.3. The Bertz CT molecular complexity index is 659. The van der Waals surface area contributed by atoms with Gasteiger partial charge in [-0.25, -0.2) is 0 Å². The molecular weight excluding hydrogens is 352 g/mol. The van der Waals surface area contributed by atoms with Crippen LogP contribution >= 0.6 is 0 Å². The van der Waals surface area contributed by atoms with E-state index in [1.54, 1.807) is 0 Å². The molecule has 1 nitrogen and oxygen atoms in total. The fourth-order valence-corrected chi connectivity index (χ4v) is 8.10. The first-order valence-electron chi connectivity index (χ1n) is 12.7. The number of aliphatic hydroxyl groups excluding tert-OH is 1. The van der Waals surface area contributed by atoms with E-state index < -0.39 is 0 Å². The lowest BCUT2D eigenvalue weighted by Crippen LogP contribution is -2.49. The Morgan fingerprint density at radius 1 is 0.931 bits per heavy atom. The van der Waals surface area contributed by atoms with E-state index in [0.29, 0.717) is 28.6 Å². The molecular formula is C28H46O. The van der Waals surface area contributed by atoms with Crippen LogP contribution in [0.2, 0.25) is 0 Å². The molecule has 0 aliphatic heterocycles. The smallest absolute Gasteiger partial charge is 0.0543 e. The van der Waals surface area contributed by atoms with Crippen LogP contribution in [0.5, 0.6) is 0 Å². The van der Waals surface area contributed by atoms with Gasteiger partial charge in [0.2, 0.25) is 0 Å². The second-order valence-corrected chi connectivity index (χ2v) is 12.3. The molecule has 29 heavy (non-hydrogen) atoms. The van der Waals surface area contributed by atoms with Gasteiger partial charge in [0.15, 0.2) is 0 Å². The van der Waals surface area contributed by atoms with Crippen molar-refractivity contribution in [2.24, 2.45) is 52.3 Å². The standard InChI is InChI=1S/C28H46O/c1-18(2)19(3)7-8-20(4)24-11-12-25-23-10-9-21-17-22(29)13-15-27(21,5)26(23)14-16-28(24,25)6/h7-8,10,18-22,24-26,29H,9,11-17H2,1-6H3/b8-7+/t19-,20+,21+,22-,24+,25-,26-,27-,28+/m0/s1. The van der Waals surface area contributed by atoms with Gasteiger partial charge < -0.3 is 5.11 Å². The first kappa shape index (κ1) is 21.7. The van der Waals surface area contributed by atoms with Crippen molar-refractivity contribution in [2.45, 2.75) is 99.0 Å². The fraction of sp³-hybridized carbons (Fsp3) is 0.857. The number of hydrogen-bond acceptors (Lipinski definition) is 1. The highest BCUT2D eigenvalue weighted by Gasteiger charge is 2.57. The number of allylic oxidation sites excluding steroid dienone is 4. The van der Waals surface area contributed by atoms with E-state index in [-0.39, 0.29) is 6.10 Å². The quantitative estimate of drug-likeness (QED) is 0.489. The van der Waals surface area contributed by atoms with Crippen molar-refractivity contribution >= 4 is 0 Å². The summed E-state index contributed by atoms with van der Waals surface area (Å²) in [6, 6.07) is 0. The van der Waals surface area contributed by atoms with Crippen LogP contribution in [0.1, 0.15) is 92.9 Å². The van der Waals surface area contributed by atoms with Crippen LogP contribution in [0.3, 0.4) is 0 Å². The minimum absolute atomic E-state index is 0.0476. The van der Waals surface area contributed by atoms with Gasteiger partial charge in [-0.05, 0) is 104 Å². The molecule has 4 aliphatic rings. The number of aliphatic hydroxyl groups is 1. The maximum Gasteiger partial charge on any atom is 0.0543 e. The molecule has 0 heterocycles. The van der Waals surface area contributed by atoms with Gasteiger partial charge in [-0.1, -0.05) is 65.3 Å². The van der Waals surface area contributed by atoms with Gasteiger partial charge in [0.05, 0.1) is 6.10 Å². The van der Waals surface area contributed by atoms with Crippen molar-refractivity contribution in [2.75, 3.05) is 0 Å². The van der Waals surface area contributed by atoms with Gasteiger partial charge in [0.1, 0.15) is 0 Å². The third kappa shape index (κ3) is 3.58. The first-order chi connectivity index (χ1) is 13.7. The number of fused-ring (bicyclic) bond motifs is 5. The molecule has 0 unspecified atom stereocenters.